The second-order valence-electron chi connectivity index (χ2n) is 4.32. The van der Waals surface area contributed by atoms with E-state index in [9.17, 15) is 0 Å². The molecule has 0 saturated heterocycles. The highest BCUT2D eigenvalue weighted by Gasteiger charge is 2.42. The first kappa shape index (κ1) is 10.9. The van der Waals surface area contributed by atoms with Gasteiger partial charge in [0, 0.05) is 12.5 Å². The SMILES string of the molecule is CCc1nc(C2(C)CC2)nc(NC)c1Br. The zero-order valence-electron chi connectivity index (χ0n) is 9.39. The van der Waals surface area contributed by atoms with Gasteiger partial charge in [-0.25, -0.2) is 9.97 Å². The molecule has 0 unspecified atom stereocenters. The van der Waals surface area contributed by atoms with Crippen molar-refractivity contribution in [3.63, 3.8) is 0 Å². The molecule has 82 valence electrons. The van der Waals surface area contributed by atoms with Crippen LogP contribution in [0.3, 0.4) is 0 Å². The summed E-state index contributed by atoms with van der Waals surface area (Å²) < 4.78 is 1.00. The summed E-state index contributed by atoms with van der Waals surface area (Å²) in [4.78, 5) is 9.20. The largest absolute Gasteiger partial charge is 0.372 e. The molecule has 1 aliphatic carbocycles. The second kappa shape index (κ2) is 3.74. The summed E-state index contributed by atoms with van der Waals surface area (Å²) in [6, 6.07) is 0. The van der Waals surface area contributed by atoms with Gasteiger partial charge in [-0.3, -0.25) is 0 Å². The Morgan fingerprint density at radius 2 is 2.07 bits per heavy atom. The third-order valence-corrected chi connectivity index (χ3v) is 3.86. The molecule has 4 heteroatoms. The fourth-order valence-electron chi connectivity index (χ4n) is 1.57. The first-order valence-electron chi connectivity index (χ1n) is 5.35. The van der Waals surface area contributed by atoms with Crippen molar-refractivity contribution in [2.24, 2.45) is 0 Å². The van der Waals surface area contributed by atoms with Gasteiger partial charge in [-0.15, -0.1) is 0 Å². The minimum atomic E-state index is 0.232. The number of anilines is 1. The van der Waals surface area contributed by atoms with E-state index in [0.29, 0.717) is 0 Å². The highest BCUT2D eigenvalue weighted by atomic mass is 79.9. The molecule has 0 aliphatic heterocycles. The first-order chi connectivity index (χ1) is 7.10. The summed E-state index contributed by atoms with van der Waals surface area (Å²) in [6.45, 7) is 4.35. The summed E-state index contributed by atoms with van der Waals surface area (Å²) in [5.41, 5.74) is 1.33. The standard InChI is InChI=1S/C11H16BrN3/c1-4-7-8(12)9(13-3)15-10(14-7)11(2)5-6-11/h4-6H2,1-3H3,(H,13,14,15). The van der Waals surface area contributed by atoms with E-state index in [0.717, 1.165) is 28.2 Å². The minimum Gasteiger partial charge on any atom is -0.372 e. The van der Waals surface area contributed by atoms with Crippen LogP contribution >= 0.6 is 15.9 Å². The van der Waals surface area contributed by atoms with Crippen LogP contribution in [0.5, 0.6) is 0 Å². The number of rotatable bonds is 3. The van der Waals surface area contributed by atoms with Crippen molar-refractivity contribution in [3.05, 3.63) is 16.0 Å². The zero-order valence-corrected chi connectivity index (χ0v) is 11.0. The molecule has 0 amide bonds. The van der Waals surface area contributed by atoms with E-state index in [-0.39, 0.29) is 5.41 Å². The molecule has 3 nitrogen and oxygen atoms in total. The van der Waals surface area contributed by atoms with Crippen molar-refractivity contribution in [2.45, 2.75) is 38.5 Å². The Morgan fingerprint density at radius 3 is 2.53 bits per heavy atom. The molecular weight excluding hydrogens is 254 g/mol. The van der Waals surface area contributed by atoms with Gasteiger partial charge in [-0.2, -0.15) is 0 Å². The Kier molecular flexibility index (Phi) is 2.71. The molecular formula is C11H16BrN3. The molecule has 1 aromatic rings. The molecule has 1 fully saturated rings. The van der Waals surface area contributed by atoms with E-state index in [4.69, 9.17) is 0 Å². The number of halogens is 1. The highest BCUT2D eigenvalue weighted by Crippen LogP contribution is 2.46. The van der Waals surface area contributed by atoms with Gasteiger partial charge in [0.25, 0.3) is 0 Å². The van der Waals surface area contributed by atoms with Gasteiger partial charge in [0.2, 0.25) is 0 Å². The van der Waals surface area contributed by atoms with Crippen molar-refractivity contribution in [1.29, 1.82) is 0 Å². The van der Waals surface area contributed by atoms with Crippen LogP contribution in [0.25, 0.3) is 0 Å². The predicted molar refractivity (Wildman–Crippen MR) is 65.2 cm³/mol. The maximum absolute atomic E-state index is 4.64. The van der Waals surface area contributed by atoms with Crippen LogP contribution in [0.4, 0.5) is 5.82 Å². The Hall–Kier alpha value is -0.640. The number of nitrogens with zero attached hydrogens (tertiary/aromatic N) is 2. The van der Waals surface area contributed by atoms with Gasteiger partial charge in [-0.05, 0) is 35.2 Å². The van der Waals surface area contributed by atoms with E-state index in [1.54, 1.807) is 0 Å². The smallest absolute Gasteiger partial charge is 0.144 e. The Bertz CT molecular complexity index is 360. The van der Waals surface area contributed by atoms with Crippen LogP contribution in [0, 0.1) is 0 Å². The Balaban J connectivity index is 2.49. The Morgan fingerprint density at radius 1 is 1.40 bits per heavy atom. The van der Waals surface area contributed by atoms with E-state index >= 15 is 0 Å². The van der Waals surface area contributed by atoms with Gasteiger partial charge < -0.3 is 5.32 Å². The fourth-order valence-corrected chi connectivity index (χ4v) is 2.23. The Labute approximate surface area is 98.8 Å². The summed E-state index contributed by atoms with van der Waals surface area (Å²) >= 11 is 3.54. The van der Waals surface area contributed by atoms with Crippen LogP contribution < -0.4 is 5.32 Å². The number of aryl methyl sites for hydroxylation is 1. The van der Waals surface area contributed by atoms with Gasteiger partial charge in [0.1, 0.15) is 11.6 Å². The van der Waals surface area contributed by atoms with Crippen LogP contribution in [0.15, 0.2) is 4.47 Å². The third kappa shape index (κ3) is 1.87. The molecule has 1 heterocycles. The molecule has 1 aliphatic rings. The molecule has 1 aromatic heterocycles. The molecule has 15 heavy (non-hydrogen) atoms. The first-order valence-corrected chi connectivity index (χ1v) is 6.14. The molecule has 2 rings (SSSR count). The minimum absolute atomic E-state index is 0.232. The second-order valence-corrected chi connectivity index (χ2v) is 5.11. The normalized spacial score (nSPS) is 17.6. The molecule has 0 radical (unpaired) electrons. The lowest BCUT2D eigenvalue weighted by Crippen LogP contribution is -2.11. The lowest BCUT2D eigenvalue weighted by atomic mass is 10.1. The zero-order chi connectivity index (χ0) is 11.1. The van der Waals surface area contributed by atoms with Crippen LogP contribution in [0.2, 0.25) is 0 Å². The maximum Gasteiger partial charge on any atom is 0.144 e. The third-order valence-electron chi connectivity index (χ3n) is 3.03. The molecule has 1 N–H and O–H groups in total. The molecule has 0 aromatic carbocycles. The van der Waals surface area contributed by atoms with Crippen molar-refractivity contribution in [1.82, 2.24) is 9.97 Å². The van der Waals surface area contributed by atoms with Gasteiger partial charge >= 0.3 is 0 Å². The summed E-state index contributed by atoms with van der Waals surface area (Å²) in [6.07, 6.45) is 3.35. The van der Waals surface area contributed by atoms with E-state index in [1.165, 1.54) is 12.8 Å². The lowest BCUT2D eigenvalue weighted by molar-refractivity contribution is 0.698. The van der Waals surface area contributed by atoms with Crippen molar-refractivity contribution in [2.75, 3.05) is 12.4 Å². The summed E-state index contributed by atoms with van der Waals surface area (Å²) in [7, 11) is 1.89. The van der Waals surface area contributed by atoms with Crippen molar-refractivity contribution >= 4 is 21.7 Å². The van der Waals surface area contributed by atoms with Crippen LogP contribution in [-0.4, -0.2) is 17.0 Å². The van der Waals surface area contributed by atoms with E-state index in [2.05, 4.69) is 45.1 Å². The molecule has 0 spiro atoms. The summed E-state index contributed by atoms with van der Waals surface area (Å²) in [5, 5.41) is 3.11. The van der Waals surface area contributed by atoms with Crippen molar-refractivity contribution < 1.29 is 0 Å². The summed E-state index contributed by atoms with van der Waals surface area (Å²) in [5.74, 6) is 1.90. The quantitative estimate of drug-likeness (QED) is 0.917. The number of aromatic nitrogens is 2. The van der Waals surface area contributed by atoms with Gasteiger partial charge in [0.05, 0.1) is 10.2 Å². The topological polar surface area (TPSA) is 37.8 Å². The molecule has 1 saturated carbocycles. The average molecular weight is 270 g/mol. The maximum atomic E-state index is 4.64. The lowest BCUT2D eigenvalue weighted by Gasteiger charge is -2.13. The van der Waals surface area contributed by atoms with E-state index in [1.807, 2.05) is 7.05 Å². The number of hydrogen-bond donors (Lipinski definition) is 1. The molecule has 0 atom stereocenters. The average Bonchev–Trinajstić information content (AvgIpc) is 2.98. The number of nitrogens with one attached hydrogen (secondary N) is 1. The predicted octanol–water partition coefficient (Wildman–Crippen LogP) is 2.89. The van der Waals surface area contributed by atoms with E-state index < -0.39 is 0 Å². The van der Waals surface area contributed by atoms with Crippen LogP contribution in [-0.2, 0) is 11.8 Å². The van der Waals surface area contributed by atoms with Crippen LogP contribution in [0.1, 0.15) is 38.2 Å². The fraction of sp³-hybridized carbons (Fsp3) is 0.636. The highest BCUT2D eigenvalue weighted by molar-refractivity contribution is 9.10. The number of hydrogen-bond acceptors (Lipinski definition) is 3. The van der Waals surface area contributed by atoms with Gasteiger partial charge in [-0.1, -0.05) is 13.8 Å². The molecule has 0 bridgehead atoms. The van der Waals surface area contributed by atoms with Crippen molar-refractivity contribution in [3.8, 4) is 0 Å². The monoisotopic (exact) mass is 269 g/mol. The van der Waals surface area contributed by atoms with Gasteiger partial charge in [0.15, 0.2) is 0 Å².